The van der Waals surface area contributed by atoms with E-state index in [0.29, 0.717) is 0 Å². The molecule has 10 heavy (non-hydrogen) atoms. The summed E-state index contributed by atoms with van der Waals surface area (Å²) in [5.74, 6) is 0. The van der Waals surface area contributed by atoms with Gasteiger partial charge in [0.25, 0.3) is 0 Å². The molecule has 1 fully saturated rings. The van der Waals surface area contributed by atoms with E-state index < -0.39 is 0 Å². The number of allylic oxidation sites excluding steroid dienone is 2. The zero-order valence-electron chi connectivity index (χ0n) is 6.16. The second kappa shape index (κ2) is 3.64. The Morgan fingerprint density at radius 2 is 2.20 bits per heavy atom. The van der Waals surface area contributed by atoms with E-state index in [2.05, 4.69) is 0 Å². The van der Waals surface area contributed by atoms with Gasteiger partial charge in [-0.25, -0.2) is 0 Å². The summed E-state index contributed by atoms with van der Waals surface area (Å²) in [6.07, 6.45) is 4.70. The van der Waals surface area contributed by atoms with Crippen molar-refractivity contribution >= 4 is 23.2 Å². The fourth-order valence-electron chi connectivity index (χ4n) is 1.36. The van der Waals surface area contributed by atoms with Gasteiger partial charge in [-0.05, 0) is 31.8 Å². The standard InChI is InChI=1S/C8H12Cl2/c1-6(9)7-4-2-3-5-8(7)10/h8H,2-5H2,1H3/b7-6+. The Morgan fingerprint density at radius 3 is 2.60 bits per heavy atom. The van der Waals surface area contributed by atoms with Crippen LogP contribution in [0, 0.1) is 0 Å². The van der Waals surface area contributed by atoms with Gasteiger partial charge in [-0.3, -0.25) is 0 Å². The third-order valence-corrected chi connectivity index (χ3v) is 2.70. The normalized spacial score (nSPS) is 32.1. The van der Waals surface area contributed by atoms with Gasteiger partial charge in [-0.2, -0.15) is 0 Å². The fraction of sp³-hybridized carbons (Fsp3) is 0.750. The van der Waals surface area contributed by atoms with E-state index in [1.807, 2.05) is 6.92 Å². The number of alkyl halides is 1. The molecule has 1 aliphatic carbocycles. The summed E-state index contributed by atoms with van der Waals surface area (Å²) in [6, 6.07) is 0. The van der Waals surface area contributed by atoms with E-state index in [9.17, 15) is 0 Å². The van der Waals surface area contributed by atoms with Crippen LogP contribution < -0.4 is 0 Å². The highest BCUT2D eigenvalue weighted by atomic mass is 35.5. The summed E-state index contributed by atoms with van der Waals surface area (Å²) in [6.45, 7) is 1.93. The number of rotatable bonds is 0. The van der Waals surface area contributed by atoms with Gasteiger partial charge in [-0.1, -0.05) is 18.0 Å². The molecule has 0 aromatic heterocycles. The maximum absolute atomic E-state index is 6.04. The van der Waals surface area contributed by atoms with Crippen molar-refractivity contribution in [2.75, 3.05) is 0 Å². The lowest BCUT2D eigenvalue weighted by Crippen LogP contribution is -2.09. The van der Waals surface area contributed by atoms with E-state index in [1.165, 1.54) is 18.4 Å². The molecule has 1 atom stereocenters. The van der Waals surface area contributed by atoms with Crippen molar-refractivity contribution in [1.82, 2.24) is 0 Å². The molecule has 0 aromatic rings. The molecule has 0 nitrogen and oxygen atoms in total. The Balaban J connectivity index is 2.65. The molecule has 0 bridgehead atoms. The average Bonchev–Trinajstić information content (AvgIpc) is 1.88. The predicted molar refractivity (Wildman–Crippen MR) is 46.7 cm³/mol. The third-order valence-electron chi connectivity index (χ3n) is 1.97. The first-order valence-corrected chi connectivity index (χ1v) is 4.52. The van der Waals surface area contributed by atoms with Crippen LogP contribution in [0.2, 0.25) is 0 Å². The predicted octanol–water partition coefficient (Wildman–Crippen LogP) is 3.68. The van der Waals surface area contributed by atoms with Crippen molar-refractivity contribution in [2.45, 2.75) is 38.0 Å². The quantitative estimate of drug-likeness (QED) is 0.497. The Kier molecular flexibility index (Phi) is 3.06. The summed E-state index contributed by atoms with van der Waals surface area (Å²) < 4.78 is 0. The lowest BCUT2D eigenvalue weighted by Gasteiger charge is -2.20. The van der Waals surface area contributed by atoms with Gasteiger partial charge < -0.3 is 0 Å². The van der Waals surface area contributed by atoms with E-state index in [4.69, 9.17) is 23.2 Å². The molecule has 0 saturated heterocycles. The molecule has 0 amide bonds. The van der Waals surface area contributed by atoms with Gasteiger partial charge in [0.15, 0.2) is 0 Å². The fourth-order valence-corrected chi connectivity index (χ4v) is 2.07. The van der Waals surface area contributed by atoms with Crippen LogP contribution in [0.4, 0.5) is 0 Å². The maximum atomic E-state index is 6.04. The molecule has 0 spiro atoms. The van der Waals surface area contributed by atoms with Crippen LogP contribution in [0.25, 0.3) is 0 Å². The first-order valence-electron chi connectivity index (χ1n) is 3.71. The van der Waals surface area contributed by atoms with Crippen molar-refractivity contribution < 1.29 is 0 Å². The van der Waals surface area contributed by atoms with Gasteiger partial charge in [0.1, 0.15) is 0 Å². The molecule has 0 aliphatic heterocycles. The van der Waals surface area contributed by atoms with Crippen LogP contribution in [0.5, 0.6) is 0 Å². The minimum Gasteiger partial charge on any atom is -0.118 e. The number of halogens is 2. The molecule has 0 aromatic carbocycles. The molecule has 1 aliphatic rings. The van der Waals surface area contributed by atoms with E-state index >= 15 is 0 Å². The molecule has 0 N–H and O–H groups in total. The lowest BCUT2D eigenvalue weighted by molar-refractivity contribution is 0.602. The van der Waals surface area contributed by atoms with Crippen LogP contribution in [0.1, 0.15) is 32.6 Å². The summed E-state index contributed by atoms with van der Waals surface area (Å²) in [7, 11) is 0. The monoisotopic (exact) mass is 178 g/mol. The average molecular weight is 179 g/mol. The van der Waals surface area contributed by atoms with Gasteiger partial charge in [0.05, 0.1) is 5.38 Å². The van der Waals surface area contributed by atoms with Crippen molar-refractivity contribution in [2.24, 2.45) is 0 Å². The Bertz CT molecular complexity index is 145. The zero-order chi connectivity index (χ0) is 7.56. The first-order chi connectivity index (χ1) is 4.72. The van der Waals surface area contributed by atoms with E-state index in [1.54, 1.807) is 0 Å². The number of hydrogen-bond donors (Lipinski definition) is 0. The van der Waals surface area contributed by atoms with Crippen molar-refractivity contribution in [3.05, 3.63) is 10.6 Å². The molecule has 1 rings (SSSR count). The molecule has 2 heteroatoms. The second-order valence-corrected chi connectivity index (χ2v) is 3.87. The molecule has 0 radical (unpaired) electrons. The van der Waals surface area contributed by atoms with Gasteiger partial charge in [0.2, 0.25) is 0 Å². The Labute approximate surface area is 72.2 Å². The van der Waals surface area contributed by atoms with Crippen molar-refractivity contribution in [3.63, 3.8) is 0 Å². The highest BCUT2D eigenvalue weighted by Gasteiger charge is 2.17. The smallest absolute Gasteiger partial charge is 0.0559 e. The lowest BCUT2D eigenvalue weighted by atomic mass is 9.94. The summed E-state index contributed by atoms with van der Waals surface area (Å²) in [5.41, 5.74) is 1.26. The molecule has 58 valence electrons. The van der Waals surface area contributed by atoms with Gasteiger partial charge >= 0.3 is 0 Å². The zero-order valence-corrected chi connectivity index (χ0v) is 7.67. The largest absolute Gasteiger partial charge is 0.118 e. The summed E-state index contributed by atoms with van der Waals surface area (Å²) in [4.78, 5) is 0. The van der Waals surface area contributed by atoms with Crippen molar-refractivity contribution in [3.8, 4) is 0 Å². The maximum Gasteiger partial charge on any atom is 0.0559 e. The Hall–Kier alpha value is 0.320. The molecule has 1 saturated carbocycles. The van der Waals surface area contributed by atoms with Crippen LogP contribution in [-0.2, 0) is 0 Å². The van der Waals surface area contributed by atoms with E-state index in [0.717, 1.165) is 17.9 Å². The first kappa shape index (κ1) is 8.42. The van der Waals surface area contributed by atoms with Crippen LogP contribution in [-0.4, -0.2) is 5.38 Å². The van der Waals surface area contributed by atoms with Gasteiger partial charge in [0, 0.05) is 5.03 Å². The van der Waals surface area contributed by atoms with E-state index in [-0.39, 0.29) is 5.38 Å². The highest BCUT2D eigenvalue weighted by molar-refractivity contribution is 6.31. The Morgan fingerprint density at radius 1 is 1.50 bits per heavy atom. The minimum atomic E-state index is 0.214. The topological polar surface area (TPSA) is 0 Å². The summed E-state index contributed by atoms with van der Waals surface area (Å²) >= 11 is 11.9. The van der Waals surface area contributed by atoms with Crippen LogP contribution in [0.15, 0.2) is 10.6 Å². The van der Waals surface area contributed by atoms with Crippen LogP contribution in [0.3, 0.4) is 0 Å². The highest BCUT2D eigenvalue weighted by Crippen LogP contribution is 2.31. The number of hydrogen-bond acceptors (Lipinski definition) is 0. The molecular weight excluding hydrogens is 167 g/mol. The molecule has 1 unspecified atom stereocenters. The summed E-state index contributed by atoms with van der Waals surface area (Å²) in [5, 5.41) is 1.12. The van der Waals surface area contributed by atoms with Crippen LogP contribution >= 0.6 is 23.2 Å². The SMILES string of the molecule is C/C(Cl)=C1/CCCCC1Cl. The molecular formula is C8H12Cl2. The van der Waals surface area contributed by atoms with Gasteiger partial charge in [-0.15, -0.1) is 11.6 Å². The van der Waals surface area contributed by atoms with Crippen molar-refractivity contribution in [1.29, 1.82) is 0 Å². The molecule has 0 heterocycles. The third kappa shape index (κ3) is 1.90. The second-order valence-electron chi connectivity index (χ2n) is 2.77. The minimum absolute atomic E-state index is 0.214.